The number of nitrogens with zero attached hydrogens (tertiary/aromatic N) is 1. The molecule has 2 aliphatic carbocycles. The Morgan fingerprint density at radius 1 is 1.52 bits per heavy atom. The van der Waals surface area contributed by atoms with Crippen LogP contribution in [0.1, 0.15) is 32.6 Å². The third kappa shape index (κ3) is 2.38. The van der Waals surface area contributed by atoms with Gasteiger partial charge in [0.15, 0.2) is 0 Å². The highest BCUT2D eigenvalue weighted by molar-refractivity contribution is 6.33. The Labute approximate surface area is 128 Å². The SMILES string of the molecule is CCOC1CC(Nc2cc([N+](=O)[O-])ccc2Cl)C12CCC2. The molecule has 2 fully saturated rings. The maximum atomic E-state index is 10.9. The van der Waals surface area contributed by atoms with Crippen molar-refractivity contribution in [3.05, 3.63) is 33.3 Å². The van der Waals surface area contributed by atoms with E-state index in [1.807, 2.05) is 6.92 Å². The Bertz CT molecular complexity index is 560. The number of nitrogens with one attached hydrogen (secondary N) is 1. The predicted molar refractivity (Wildman–Crippen MR) is 81.8 cm³/mol. The van der Waals surface area contributed by atoms with Crippen LogP contribution in [0.4, 0.5) is 11.4 Å². The van der Waals surface area contributed by atoms with Crippen molar-refractivity contribution >= 4 is 23.0 Å². The molecular formula is C15H19ClN2O3. The molecule has 5 nitrogen and oxygen atoms in total. The van der Waals surface area contributed by atoms with E-state index in [1.165, 1.54) is 18.6 Å². The molecule has 2 unspecified atom stereocenters. The van der Waals surface area contributed by atoms with E-state index >= 15 is 0 Å². The van der Waals surface area contributed by atoms with E-state index in [1.54, 1.807) is 6.07 Å². The monoisotopic (exact) mass is 310 g/mol. The number of benzene rings is 1. The van der Waals surface area contributed by atoms with Crippen molar-refractivity contribution in [1.29, 1.82) is 0 Å². The summed E-state index contributed by atoms with van der Waals surface area (Å²) < 4.78 is 5.81. The Balaban J connectivity index is 1.75. The van der Waals surface area contributed by atoms with Gasteiger partial charge in [-0.05, 0) is 32.3 Å². The van der Waals surface area contributed by atoms with E-state index in [9.17, 15) is 10.1 Å². The quantitative estimate of drug-likeness (QED) is 0.659. The summed E-state index contributed by atoms with van der Waals surface area (Å²) >= 11 is 6.16. The fourth-order valence-corrected chi connectivity index (χ4v) is 3.74. The molecule has 0 amide bonds. The van der Waals surface area contributed by atoms with E-state index in [-0.39, 0.29) is 11.1 Å². The minimum absolute atomic E-state index is 0.0604. The summed E-state index contributed by atoms with van der Waals surface area (Å²) in [4.78, 5) is 10.5. The van der Waals surface area contributed by atoms with Crippen LogP contribution in [0.25, 0.3) is 0 Å². The van der Waals surface area contributed by atoms with Gasteiger partial charge in [-0.2, -0.15) is 0 Å². The van der Waals surface area contributed by atoms with E-state index in [0.717, 1.165) is 25.9 Å². The van der Waals surface area contributed by atoms with Gasteiger partial charge in [-0.3, -0.25) is 10.1 Å². The molecule has 3 rings (SSSR count). The lowest BCUT2D eigenvalue weighted by atomic mass is 9.51. The van der Waals surface area contributed by atoms with Crippen LogP contribution in [0.2, 0.25) is 5.02 Å². The zero-order chi connectivity index (χ0) is 15.0. The Hall–Kier alpha value is -1.33. The van der Waals surface area contributed by atoms with Crippen molar-refractivity contribution < 1.29 is 9.66 Å². The largest absolute Gasteiger partial charge is 0.380 e. The predicted octanol–water partition coefficient (Wildman–Crippen LogP) is 4.01. The zero-order valence-corrected chi connectivity index (χ0v) is 12.7. The smallest absolute Gasteiger partial charge is 0.271 e. The molecule has 0 heterocycles. The molecule has 1 aromatic rings. The number of ether oxygens (including phenoxy) is 1. The number of anilines is 1. The summed E-state index contributed by atoms with van der Waals surface area (Å²) in [5.41, 5.74) is 0.909. The van der Waals surface area contributed by atoms with Gasteiger partial charge in [-0.1, -0.05) is 18.0 Å². The number of hydrogen-bond acceptors (Lipinski definition) is 4. The third-order valence-corrected chi connectivity index (χ3v) is 5.26. The lowest BCUT2D eigenvalue weighted by Crippen LogP contribution is -2.64. The highest BCUT2D eigenvalue weighted by Gasteiger charge is 2.59. The summed E-state index contributed by atoms with van der Waals surface area (Å²) in [6.45, 7) is 2.75. The average Bonchev–Trinajstić information content (AvgIpc) is 2.37. The molecule has 2 atom stereocenters. The number of hydrogen-bond donors (Lipinski definition) is 1. The number of halogens is 1. The molecule has 6 heteroatoms. The average molecular weight is 311 g/mol. The van der Waals surface area contributed by atoms with Crippen molar-refractivity contribution in [2.24, 2.45) is 5.41 Å². The molecule has 1 N–H and O–H groups in total. The molecule has 0 radical (unpaired) electrons. The van der Waals surface area contributed by atoms with Gasteiger partial charge in [0.25, 0.3) is 5.69 Å². The van der Waals surface area contributed by atoms with Crippen molar-refractivity contribution in [2.75, 3.05) is 11.9 Å². The van der Waals surface area contributed by atoms with Gasteiger partial charge in [-0.15, -0.1) is 0 Å². The van der Waals surface area contributed by atoms with E-state index in [2.05, 4.69) is 5.32 Å². The number of nitro benzene ring substituents is 1. The van der Waals surface area contributed by atoms with Crippen LogP contribution in [0, 0.1) is 15.5 Å². The highest BCUT2D eigenvalue weighted by atomic mass is 35.5. The number of non-ortho nitro benzene ring substituents is 1. The highest BCUT2D eigenvalue weighted by Crippen LogP contribution is 2.58. The first-order valence-corrected chi connectivity index (χ1v) is 7.76. The third-order valence-electron chi connectivity index (χ3n) is 4.93. The maximum Gasteiger partial charge on any atom is 0.271 e. The molecular weight excluding hydrogens is 292 g/mol. The van der Waals surface area contributed by atoms with Gasteiger partial charge in [0.1, 0.15) is 0 Å². The van der Waals surface area contributed by atoms with Crippen molar-refractivity contribution in [1.82, 2.24) is 0 Å². The minimum Gasteiger partial charge on any atom is -0.380 e. The summed E-state index contributed by atoms with van der Waals surface area (Å²) in [7, 11) is 0. The normalized spacial score (nSPS) is 26.0. The lowest BCUT2D eigenvalue weighted by Gasteiger charge is -2.61. The second-order valence-corrected chi connectivity index (χ2v) is 6.29. The van der Waals surface area contributed by atoms with Crippen LogP contribution in [-0.4, -0.2) is 23.7 Å². The number of nitro groups is 1. The standard InChI is InChI=1S/C15H19ClN2O3/c1-2-21-14-9-13(15(14)6-3-7-15)17-12-8-10(18(19)20)4-5-11(12)16/h4-5,8,13-14,17H,2-3,6-7,9H2,1H3. The first kappa shape index (κ1) is 14.6. The second kappa shape index (κ2) is 5.46. The topological polar surface area (TPSA) is 64.4 Å². The van der Waals surface area contributed by atoms with Gasteiger partial charge < -0.3 is 10.1 Å². The molecule has 1 aromatic carbocycles. The van der Waals surface area contributed by atoms with Crippen molar-refractivity contribution in [3.63, 3.8) is 0 Å². The molecule has 0 aromatic heterocycles. The van der Waals surface area contributed by atoms with E-state index in [4.69, 9.17) is 16.3 Å². The molecule has 21 heavy (non-hydrogen) atoms. The van der Waals surface area contributed by atoms with Gasteiger partial charge >= 0.3 is 0 Å². The maximum absolute atomic E-state index is 10.9. The van der Waals surface area contributed by atoms with Gasteiger partial charge in [0.2, 0.25) is 0 Å². The van der Waals surface area contributed by atoms with E-state index in [0.29, 0.717) is 22.9 Å². The zero-order valence-electron chi connectivity index (χ0n) is 12.0. The summed E-state index contributed by atoms with van der Waals surface area (Å²) in [6, 6.07) is 4.81. The summed E-state index contributed by atoms with van der Waals surface area (Å²) in [6.07, 6.45) is 4.78. The van der Waals surface area contributed by atoms with Gasteiger partial charge in [0, 0.05) is 30.2 Å². The Kier molecular flexibility index (Phi) is 3.80. The van der Waals surface area contributed by atoms with Crippen LogP contribution in [0.5, 0.6) is 0 Å². The molecule has 0 bridgehead atoms. The molecule has 2 aliphatic rings. The fourth-order valence-electron chi connectivity index (χ4n) is 3.57. The van der Waals surface area contributed by atoms with Crippen LogP contribution in [0.15, 0.2) is 18.2 Å². The fraction of sp³-hybridized carbons (Fsp3) is 0.600. The van der Waals surface area contributed by atoms with Crippen molar-refractivity contribution in [3.8, 4) is 0 Å². The molecule has 1 spiro atoms. The van der Waals surface area contributed by atoms with Crippen molar-refractivity contribution in [2.45, 2.75) is 44.8 Å². The number of rotatable bonds is 5. The van der Waals surface area contributed by atoms with E-state index < -0.39 is 4.92 Å². The van der Waals surface area contributed by atoms with Crippen LogP contribution in [0.3, 0.4) is 0 Å². The molecule has 2 saturated carbocycles. The minimum atomic E-state index is -0.398. The first-order valence-electron chi connectivity index (χ1n) is 7.39. The van der Waals surface area contributed by atoms with Crippen LogP contribution < -0.4 is 5.32 Å². The van der Waals surface area contributed by atoms with Gasteiger partial charge in [0.05, 0.1) is 21.7 Å². The molecule has 0 saturated heterocycles. The molecule has 114 valence electrons. The summed E-state index contributed by atoms with van der Waals surface area (Å²) in [5, 5.41) is 14.8. The van der Waals surface area contributed by atoms with Crippen LogP contribution in [-0.2, 0) is 4.74 Å². The van der Waals surface area contributed by atoms with Gasteiger partial charge in [-0.25, -0.2) is 0 Å². The second-order valence-electron chi connectivity index (χ2n) is 5.88. The molecule has 0 aliphatic heterocycles. The summed E-state index contributed by atoms with van der Waals surface area (Å²) in [5.74, 6) is 0. The Morgan fingerprint density at radius 2 is 2.29 bits per heavy atom. The lowest BCUT2D eigenvalue weighted by molar-refractivity contribution is -0.384. The Morgan fingerprint density at radius 3 is 2.86 bits per heavy atom. The first-order chi connectivity index (χ1) is 10.1. The van der Waals surface area contributed by atoms with Crippen LogP contribution >= 0.6 is 11.6 Å².